The summed E-state index contributed by atoms with van der Waals surface area (Å²) in [5, 5.41) is 21.0. The van der Waals surface area contributed by atoms with E-state index in [1.807, 2.05) is 0 Å². The molecule has 1 aromatic rings. The lowest BCUT2D eigenvalue weighted by atomic mass is 9.85. The van der Waals surface area contributed by atoms with Crippen LogP contribution in [0.5, 0.6) is 0 Å². The molecule has 1 aliphatic carbocycles. The summed E-state index contributed by atoms with van der Waals surface area (Å²) in [4.78, 5) is 19.9. The van der Waals surface area contributed by atoms with Crippen molar-refractivity contribution >= 4 is 27.7 Å². The predicted molar refractivity (Wildman–Crippen MR) is 113 cm³/mol. The number of rotatable bonds is 7. The van der Waals surface area contributed by atoms with Crippen molar-refractivity contribution in [3.8, 4) is 0 Å². The van der Waals surface area contributed by atoms with Gasteiger partial charge in [-0.25, -0.2) is 13.4 Å². The van der Waals surface area contributed by atoms with Crippen molar-refractivity contribution < 1.29 is 31.5 Å². The first-order valence-electron chi connectivity index (χ1n) is 9.36. The van der Waals surface area contributed by atoms with Crippen LogP contribution in [0.4, 0.5) is 13.2 Å². The summed E-state index contributed by atoms with van der Waals surface area (Å²) in [6, 6.07) is 2.91. The van der Waals surface area contributed by atoms with Gasteiger partial charge in [-0.2, -0.15) is 13.2 Å². The van der Waals surface area contributed by atoms with Crippen LogP contribution < -0.4 is 5.32 Å². The van der Waals surface area contributed by atoms with E-state index in [-0.39, 0.29) is 29.3 Å². The summed E-state index contributed by atoms with van der Waals surface area (Å²) < 4.78 is 61.1. The van der Waals surface area contributed by atoms with E-state index in [0.717, 1.165) is 24.5 Å². The fraction of sp³-hybridized carbons (Fsp3) is 0.400. The van der Waals surface area contributed by atoms with Gasteiger partial charge >= 0.3 is 6.18 Å². The van der Waals surface area contributed by atoms with E-state index in [4.69, 9.17) is 5.41 Å². The lowest BCUT2D eigenvalue weighted by Crippen LogP contribution is -2.36. The van der Waals surface area contributed by atoms with Crippen molar-refractivity contribution in [2.24, 2.45) is 10.9 Å². The lowest BCUT2D eigenvalue weighted by molar-refractivity contribution is -0.141. The van der Waals surface area contributed by atoms with Crippen LogP contribution in [0, 0.1) is 11.3 Å². The van der Waals surface area contributed by atoms with Crippen LogP contribution in [0.3, 0.4) is 0 Å². The molecule has 1 aromatic heterocycles. The first-order chi connectivity index (χ1) is 14.6. The van der Waals surface area contributed by atoms with Crippen LogP contribution in [-0.4, -0.2) is 60.5 Å². The largest absolute Gasteiger partial charge is 0.433 e. The molecule has 1 amide bonds. The number of aliphatic imine (C=N–C) groups is 1. The number of alkyl halides is 3. The second-order valence-electron chi connectivity index (χ2n) is 7.72. The standard InChI is InChI=1S/C20H23F3N4O4S/c1-19(2,29)13-10-14(24)12(11-25-7-8-32(3,30)31)9-16(13)27-18(28)15-5-4-6-17(26-15)20(21,22)23/h4-6,9-12,24,29H,7-8H2,1-3H3,(H,27,28). The van der Waals surface area contributed by atoms with Gasteiger partial charge in [0.1, 0.15) is 21.2 Å². The van der Waals surface area contributed by atoms with Crippen LogP contribution in [0.25, 0.3) is 0 Å². The highest BCUT2D eigenvalue weighted by Gasteiger charge is 2.34. The highest BCUT2D eigenvalue weighted by molar-refractivity contribution is 7.90. The first kappa shape index (κ1) is 25.4. The Bertz CT molecular complexity index is 1100. The van der Waals surface area contributed by atoms with Gasteiger partial charge in [0.05, 0.1) is 23.8 Å². The molecule has 0 saturated heterocycles. The molecular weight excluding hydrogens is 449 g/mol. The van der Waals surface area contributed by atoms with Crippen molar-refractivity contribution in [1.82, 2.24) is 10.3 Å². The quantitative estimate of drug-likeness (QED) is 0.523. The van der Waals surface area contributed by atoms with Crippen LogP contribution in [0.15, 0.2) is 46.6 Å². The Morgan fingerprint density at radius 1 is 1.34 bits per heavy atom. The third kappa shape index (κ3) is 7.09. The Kier molecular flexibility index (Phi) is 7.40. The number of amides is 1. The van der Waals surface area contributed by atoms with Crippen molar-refractivity contribution in [1.29, 1.82) is 5.41 Å². The summed E-state index contributed by atoms with van der Waals surface area (Å²) in [5.41, 5.74) is -2.90. The second kappa shape index (κ2) is 9.33. The summed E-state index contributed by atoms with van der Waals surface area (Å²) in [6.45, 7) is 2.83. The summed E-state index contributed by atoms with van der Waals surface area (Å²) in [5.74, 6) is -1.85. The van der Waals surface area contributed by atoms with Crippen LogP contribution in [0.1, 0.15) is 30.0 Å². The highest BCUT2D eigenvalue weighted by atomic mass is 32.2. The van der Waals surface area contributed by atoms with Gasteiger partial charge in [-0.05, 0) is 38.1 Å². The van der Waals surface area contributed by atoms with E-state index in [9.17, 15) is 31.5 Å². The molecule has 1 atom stereocenters. The van der Waals surface area contributed by atoms with Gasteiger partial charge in [-0.3, -0.25) is 9.79 Å². The van der Waals surface area contributed by atoms with E-state index in [2.05, 4.69) is 15.3 Å². The van der Waals surface area contributed by atoms with Crippen LogP contribution in [0.2, 0.25) is 0 Å². The predicted octanol–water partition coefficient (Wildman–Crippen LogP) is 2.18. The molecule has 0 saturated carbocycles. The topological polar surface area (TPSA) is 133 Å². The summed E-state index contributed by atoms with van der Waals surface area (Å²) in [7, 11) is -3.21. The third-order valence-electron chi connectivity index (χ3n) is 4.33. The molecule has 1 aliphatic rings. The number of hydrogen-bond acceptors (Lipinski definition) is 7. The van der Waals surface area contributed by atoms with Gasteiger partial charge < -0.3 is 15.8 Å². The molecule has 0 fully saturated rings. The maximum Gasteiger partial charge on any atom is 0.433 e. The Labute approximate surface area is 183 Å². The van der Waals surface area contributed by atoms with E-state index in [1.54, 1.807) is 0 Å². The average Bonchev–Trinajstić information content (AvgIpc) is 2.65. The third-order valence-corrected chi connectivity index (χ3v) is 5.26. The molecule has 174 valence electrons. The normalized spacial score (nSPS) is 17.8. The number of hydrogen-bond donors (Lipinski definition) is 3. The molecule has 0 aromatic carbocycles. The van der Waals surface area contributed by atoms with E-state index in [0.29, 0.717) is 0 Å². The molecule has 32 heavy (non-hydrogen) atoms. The molecule has 0 radical (unpaired) electrons. The zero-order valence-electron chi connectivity index (χ0n) is 17.6. The van der Waals surface area contributed by atoms with Gasteiger partial charge in [-0.15, -0.1) is 0 Å². The van der Waals surface area contributed by atoms with Crippen LogP contribution in [-0.2, 0) is 16.0 Å². The minimum atomic E-state index is -4.72. The Hall–Kier alpha value is -2.86. The number of aliphatic hydroxyl groups is 1. The summed E-state index contributed by atoms with van der Waals surface area (Å²) in [6.07, 6.45) is 0.410. The molecule has 0 aliphatic heterocycles. The molecule has 1 unspecified atom stereocenters. The number of sulfone groups is 1. The number of aromatic nitrogens is 1. The van der Waals surface area contributed by atoms with Crippen molar-refractivity contribution in [3.63, 3.8) is 0 Å². The first-order valence-corrected chi connectivity index (χ1v) is 11.4. The Balaban J connectivity index is 2.31. The number of pyridine rings is 1. The molecular formula is C20H23F3N4O4S. The lowest BCUT2D eigenvalue weighted by Gasteiger charge is -2.29. The average molecular weight is 472 g/mol. The maximum atomic E-state index is 12.9. The van der Waals surface area contributed by atoms with Gasteiger partial charge in [-0.1, -0.05) is 6.07 Å². The van der Waals surface area contributed by atoms with Crippen LogP contribution >= 0.6 is 0 Å². The number of carbonyl (C=O) groups excluding carboxylic acids is 1. The highest BCUT2D eigenvalue weighted by Crippen LogP contribution is 2.29. The number of allylic oxidation sites excluding steroid dienone is 2. The van der Waals surface area contributed by atoms with E-state index < -0.39 is 44.8 Å². The van der Waals surface area contributed by atoms with Crippen molar-refractivity contribution in [3.05, 3.63) is 53.0 Å². The maximum absolute atomic E-state index is 12.9. The summed E-state index contributed by atoms with van der Waals surface area (Å²) >= 11 is 0. The Morgan fingerprint density at radius 3 is 2.56 bits per heavy atom. The number of nitrogens with zero attached hydrogens (tertiary/aromatic N) is 2. The molecule has 1 heterocycles. The molecule has 3 N–H and O–H groups in total. The smallest absolute Gasteiger partial charge is 0.386 e. The Morgan fingerprint density at radius 2 is 2.00 bits per heavy atom. The number of halogens is 3. The molecule has 0 spiro atoms. The second-order valence-corrected chi connectivity index (χ2v) is 9.98. The van der Waals surface area contributed by atoms with Gasteiger partial charge in [0.15, 0.2) is 0 Å². The minimum Gasteiger partial charge on any atom is -0.386 e. The van der Waals surface area contributed by atoms with Crippen molar-refractivity contribution in [2.45, 2.75) is 25.6 Å². The van der Waals surface area contributed by atoms with Gasteiger partial charge in [0, 0.05) is 29.5 Å². The minimum absolute atomic E-state index is 0.0195. The monoisotopic (exact) mass is 472 g/mol. The fourth-order valence-corrected chi connectivity index (χ4v) is 3.18. The van der Waals surface area contributed by atoms with E-state index in [1.165, 1.54) is 32.2 Å². The van der Waals surface area contributed by atoms with Gasteiger partial charge in [0.25, 0.3) is 5.91 Å². The zero-order chi connectivity index (χ0) is 24.3. The SMILES string of the molecule is CC(C)(O)C1=CC(=N)C(C=NCCS(C)(=O)=O)C=C1NC(=O)c1cccc(C(F)(F)F)n1. The van der Waals surface area contributed by atoms with Crippen molar-refractivity contribution in [2.75, 3.05) is 18.6 Å². The van der Waals surface area contributed by atoms with Gasteiger partial charge in [0.2, 0.25) is 0 Å². The fourth-order valence-electron chi connectivity index (χ4n) is 2.74. The molecule has 12 heteroatoms. The number of nitrogens with one attached hydrogen (secondary N) is 2. The molecule has 2 rings (SSSR count). The molecule has 0 bridgehead atoms. The van der Waals surface area contributed by atoms with E-state index >= 15 is 0 Å². The zero-order valence-corrected chi connectivity index (χ0v) is 18.4. The number of carbonyl (C=O) groups is 1. The molecule has 8 nitrogen and oxygen atoms in total.